The van der Waals surface area contributed by atoms with Gasteiger partial charge in [0, 0.05) is 23.5 Å². The van der Waals surface area contributed by atoms with Crippen molar-refractivity contribution in [3.63, 3.8) is 0 Å². The highest BCUT2D eigenvalue weighted by Crippen LogP contribution is 2.35. The number of fused-ring (bicyclic) bond motifs is 1. The highest BCUT2D eigenvalue weighted by atomic mass is 32.2. The van der Waals surface area contributed by atoms with Crippen LogP contribution in [0.15, 0.2) is 36.4 Å². The summed E-state index contributed by atoms with van der Waals surface area (Å²) in [5.41, 5.74) is 0.804. The number of rotatable bonds is 18. The maximum atomic E-state index is 13.1. The molecule has 6 nitrogen and oxygen atoms in total. The number of unbranched alkanes of at least 4 members (excludes halogenated alkanes) is 11. The van der Waals surface area contributed by atoms with E-state index in [0.29, 0.717) is 17.8 Å². The molecule has 1 unspecified atom stereocenters. The molecule has 0 aliphatic heterocycles. The SMILES string of the molecule is CCCCCCCCCCCCCCNC(=O)[C@@H](c1c(NS(=O)[O-])ccc2ccccc12)[C@@H](C)O. The van der Waals surface area contributed by atoms with Gasteiger partial charge in [0.2, 0.25) is 5.91 Å². The maximum absolute atomic E-state index is 13.1. The number of benzene rings is 2. The number of carbonyl (C=O) groups excluding carboxylic acids is 1. The fraction of sp³-hybridized carbons (Fsp3) is 0.607. The molecular weight excluding hydrogens is 460 g/mol. The summed E-state index contributed by atoms with van der Waals surface area (Å²) in [5, 5.41) is 15.1. The van der Waals surface area contributed by atoms with Crippen molar-refractivity contribution in [3.05, 3.63) is 42.0 Å². The normalized spacial score (nSPS) is 13.9. The molecule has 0 aliphatic rings. The summed E-state index contributed by atoms with van der Waals surface area (Å²) in [6, 6.07) is 10.9. The van der Waals surface area contributed by atoms with Gasteiger partial charge in [-0.2, -0.15) is 0 Å². The highest BCUT2D eigenvalue weighted by molar-refractivity contribution is 7.80. The maximum Gasteiger partial charge on any atom is 0.230 e. The Kier molecular flexibility index (Phi) is 13.9. The van der Waals surface area contributed by atoms with Crippen LogP contribution in [0.5, 0.6) is 0 Å². The number of hydrogen-bond donors (Lipinski definition) is 3. The van der Waals surface area contributed by atoms with Crippen LogP contribution in [-0.4, -0.2) is 32.4 Å². The van der Waals surface area contributed by atoms with E-state index in [1.807, 2.05) is 24.3 Å². The quantitative estimate of drug-likeness (QED) is 0.163. The first-order chi connectivity index (χ1) is 17.0. The Morgan fingerprint density at radius 2 is 1.49 bits per heavy atom. The number of anilines is 1. The van der Waals surface area contributed by atoms with Crippen LogP contribution in [0.4, 0.5) is 5.69 Å². The Morgan fingerprint density at radius 3 is 2.06 bits per heavy atom. The molecule has 0 spiro atoms. The Bertz CT molecular complexity index is 919. The van der Waals surface area contributed by atoms with Crippen molar-refractivity contribution in [2.75, 3.05) is 11.3 Å². The topological polar surface area (TPSA) is 101 Å². The summed E-state index contributed by atoms with van der Waals surface area (Å²) in [7, 11) is 0. The van der Waals surface area contributed by atoms with Gasteiger partial charge in [0.25, 0.3) is 0 Å². The Balaban J connectivity index is 1.83. The molecule has 0 saturated carbocycles. The molecule has 2 aromatic carbocycles. The van der Waals surface area contributed by atoms with Gasteiger partial charge in [-0.1, -0.05) is 108 Å². The van der Waals surface area contributed by atoms with E-state index in [9.17, 15) is 18.7 Å². The molecular formula is C28H43N2O4S-. The zero-order chi connectivity index (χ0) is 25.5. The zero-order valence-electron chi connectivity index (χ0n) is 21.4. The van der Waals surface area contributed by atoms with Crippen LogP contribution in [-0.2, 0) is 16.1 Å². The Labute approximate surface area is 213 Å². The predicted molar refractivity (Wildman–Crippen MR) is 145 cm³/mol. The molecule has 0 heterocycles. The van der Waals surface area contributed by atoms with E-state index in [-0.39, 0.29) is 5.91 Å². The van der Waals surface area contributed by atoms with Crippen molar-refractivity contribution in [1.29, 1.82) is 0 Å². The Hall–Kier alpha value is -1.96. The first kappa shape index (κ1) is 29.3. The number of carbonyl (C=O) groups is 1. The molecule has 0 radical (unpaired) electrons. The zero-order valence-corrected chi connectivity index (χ0v) is 22.2. The van der Waals surface area contributed by atoms with Crippen molar-refractivity contribution < 1.29 is 18.7 Å². The summed E-state index contributed by atoms with van der Waals surface area (Å²) in [6.07, 6.45) is 14.0. The number of aliphatic hydroxyl groups excluding tert-OH is 1. The van der Waals surface area contributed by atoms with Gasteiger partial charge in [0.05, 0.1) is 12.0 Å². The van der Waals surface area contributed by atoms with E-state index < -0.39 is 23.3 Å². The van der Waals surface area contributed by atoms with Crippen LogP contribution >= 0.6 is 0 Å². The molecule has 0 aliphatic carbocycles. The fourth-order valence-corrected chi connectivity index (χ4v) is 5.05. The minimum absolute atomic E-state index is 0.292. The summed E-state index contributed by atoms with van der Waals surface area (Å²) >= 11 is -2.54. The number of hydrogen-bond acceptors (Lipinski definition) is 4. The van der Waals surface area contributed by atoms with E-state index in [1.54, 1.807) is 19.1 Å². The lowest BCUT2D eigenvalue weighted by Crippen LogP contribution is -2.36. The van der Waals surface area contributed by atoms with Crippen molar-refractivity contribution in [2.45, 2.75) is 103 Å². The molecule has 0 fully saturated rings. The van der Waals surface area contributed by atoms with Gasteiger partial charge >= 0.3 is 0 Å². The number of nitrogens with one attached hydrogen (secondary N) is 2. The predicted octanol–water partition coefficient (Wildman–Crippen LogP) is 6.33. The number of aliphatic hydroxyl groups is 1. The first-order valence-corrected chi connectivity index (χ1v) is 14.4. The van der Waals surface area contributed by atoms with Gasteiger partial charge in [-0.05, 0) is 35.7 Å². The average molecular weight is 504 g/mol. The van der Waals surface area contributed by atoms with Gasteiger partial charge in [-0.3, -0.25) is 9.00 Å². The standard InChI is InChI=1S/C28H44N2O4S/c1-3-4-5-6-7-8-9-10-11-12-13-16-21-29-28(32)26(22(2)31)27-24-18-15-14-17-23(24)19-20-25(27)30-35(33)34/h14-15,17-20,22,26,30-31H,3-13,16,21H2,1-2H3,(H,29,32)(H,33,34)/p-1/t22-,26-/m1/s1. The lowest BCUT2D eigenvalue weighted by molar-refractivity contribution is -0.124. The molecule has 35 heavy (non-hydrogen) atoms. The van der Waals surface area contributed by atoms with Crippen LogP contribution in [0.1, 0.15) is 102 Å². The molecule has 2 aromatic rings. The number of amides is 1. The molecule has 196 valence electrons. The van der Waals surface area contributed by atoms with Crippen LogP contribution in [0.3, 0.4) is 0 Å². The average Bonchev–Trinajstić information content (AvgIpc) is 2.83. The van der Waals surface area contributed by atoms with Gasteiger partial charge < -0.3 is 19.7 Å². The van der Waals surface area contributed by atoms with E-state index in [1.165, 1.54) is 57.8 Å². The molecule has 7 heteroatoms. The highest BCUT2D eigenvalue weighted by Gasteiger charge is 2.29. The lowest BCUT2D eigenvalue weighted by Gasteiger charge is -2.25. The van der Waals surface area contributed by atoms with Crippen molar-refractivity contribution in [1.82, 2.24) is 5.32 Å². The lowest BCUT2D eigenvalue weighted by atomic mass is 9.87. The smallest absolute Gasteiger partial charge is 0.230 e. The van der Waals surface area contributed by atoms with Crippen LogP contribution in [0.2, 0.25) is 0 Å². The second-order valence-electron chi connectivity index (χ2n) is 9.48. The largest absolute Gasteiger partial charge is 0.755 e. The molecule has 2 rings (SSSR count). The minimum Gasteiger partial charge on any atom is -0.755 e. The molecule has 3 atom stereocenters. The minimum atomic E-state index is -2.54. The van der Waals surface area contributed by atoms with E-state index in [2.05, 4.69) is 17.0 Å². The Morgan fingerprint density at radius 1 is 0.914 bits per heavy atom. The summed E-state index contributed by atoms with van der Waals surface area (Å²) in [4.78, 5) is 13.1. The third kappa shape index (κ3) is 10.3. The van der Waals surface area contributed by atoms with Crippen molar-refractivity contribution in [3.8, 4) is 0 Å². The van der Waals surface area contributed by atoms with Gasteiger partial charge in [0.1, 0.15) is 0 Å². The summed E-state index contributed by atoms with van der Waals surface area (Å²) < 4.78 is 25.1. The first-order valence-electron chi connectivity index (χ1n) is 13.3. The third-order valence-electron chi connectivity index (χ3n) is 6.57. The van der Waals surface area contributed by atoms with Crippen molar-refractivity contribution >= 4 is 33.6 Å². The van der Waals surface area contributed by atoms with Crippen LogP contribution in [0, 0.1) is 0 Å². The second-order valence-corrected chi connectivity index (χ2v) is 10.2. The summed E-state index contributed by atoms with van der Waals surface area (Å²) in [5.74, 6) is -1.18. The van der Waals surface area contributed by atoms with Gasteiger partial charge in [-0.25, -0.2) is 0 Å². The molecule has 3 N–H and O–H groups in total. The summed E-state index contributed by atoms with van der Waals surface area (Å²) in [6.45, 7) is 4.35. The molecule has 0 bridgehead atoms. The third-order valence-corrected chi connectivity index (χ3v) is 6.96. The van der Waals surface area contributed by atoms with Gasteiger partial charge in [0.15, 0.2) is 0 Å². The van der Waals surface area contributed by atoms with E-state index in [4.69, 9.17) is 0 Å². The monoisotopic (exact) mass is 503 g/mol. The van der Waals surface area contributed by atoms with Crippen LogP contribution in [0.25, 0.3) is 10.8 Å². The van der Waals surface area contributed by atoms with Crippen LogP contribution < -0.4 is 10.0 Å². The van der Waals surface area contributed by atoms with E-state index >= 15 is 0 Å². The fourth-order valence-electron chi connectivity index (χ4n) is 4.69. The molecule has 0 saturated heterocycles. The van der Waals surface area contributed by atoms with E-state index in [0.717, 1.165) is 30.0 Å². The van der Waals surface area contributed by atoms with Crippen molar-refractivity contribution in [2.24, 2.45) is 0 Å². The van der Waals surface area contributed by atoms with Gasteiger partial charge in [-0.15, -0.1) is 0 Å². The molecule has 1 amide bonds. The molecule has 0 aromatic heterocycles. The second kappa shape index (κ2) is 16.7.